The molecule has 0 radical (unpaired) electrons. The molecule has 0 amide bonds. The van der Waals surface area contributed by atoms with Crippen molar-refractivity contribution in [2.75, 3.05) is 13.6 Å². The zero-order valence-electron chi connectivity index (χ0n) is 16.7. The van der Waals surface area contributed by atoms with Crippen LogP contribution in [0, 0.1) is 6.92 Å². The van der Waals surface area contributed by atoms with Crippen molar-refractivity contribution in [2.24, 2.45) is 0 Å². The Hall–Kier alpha value is -2.10. The van der Waals surface area contributed by atoms with Gasteiger partial charge in [-0.3, -0.25) is 0 Å². The molecule has 3 nitrogen and oxygen atoms in total. The van der Waals surface area contributed by atoms with Gasteiger partial charge in [0.2, 0.25) is 0 Å². The van der Waals surface area contributed by atoms with E-state index < -0.39 is 0 Å². The Morgan fingerprint density at radius 3 is 2.67 bits per heavy atom. The molecule has 0 unspecified atom stereocenters. The number of aryl methyl sites for hydroxylation is 3. The Morgan fingerprint density at radius 1 is 1.15 bits per heavy atom. The van der Waals surface area contributed by atoms with Gasteiger partial charge in [-0.1, -0.05) is 42.0 Å². The van der Waals surface area contributed by atoms with Crippen LogP contribution in [-0.4, -0.2) is 40.3 Å². The Balaban J connectivity index is 1.77. The van der Waals surface area contributed by atoms with Gasteiger partial charge in [-0.25, -0.2) is 0 Å². The van der Waals surface area contributed by atoms with Gasteiger partial charge in [0.25, 0.3) is 0 Å². The molecule has 142 valence electrons. The van der Waals surface area contributed by atoms with E-state index in [1.165, 1.54) is 33.3 Å². The number of likely N-dealkylation sites (N-methyl/N-ethyl adjacent to an activating group) is 1. The quantitative estimate of drug-likeness (QED) is 0.761. The largest absolute Gasteiger partial charge is 0.392 e. The van der Waals surface area contributed by atoms with Crippen LogP contribution in [0.3, 0.4) is 0 Å². The lowest BCUT2D eigenvalue weighted by molar-refractivity contribution is 0.0798. The fraction of sp³-hybridized carbons (Fsp3) is 0.417. The molecule has 1 N–H and O–H groups in total. The van der Waals surface area contributed by atoms with Crippen molar-refractivity contribution in [3.63, 3.8) is 0 Å². The van der Waals surface area contributed by atoms with E-state index in [-0.39, 0.29) is 12.1 Å². The zero-order valence-corrected chi connectivity index (χ0v) is 16.7. The Morgan fingerprint density at radius 2 is 1.93 bits per heavy atom. The third-order valence-corrected chi connectivity index (χ3v) is 6.15. The summed E-state index contributed by atoms with van der Waals surface area (Å²) in [5.74, 6) is 0. The highest BCUT2D eigenvalue weighted by Gasteiger charge is 2.28. The van der Waals surface area contributed by atoms with Crippen LogP contribution in [-0.2, 0) is 25.8 Å². The number of hydrogen-bond donors (Lipinski definition) is 1. The van der Waals surface area contributed by atoms with Crippen molar-refractivity contribution in [1.82, 2.24) is 9.47 Å². The molecule has 2 atom stereocenters. The molecule has 4 rings (SSSR count). The SMILES string of the molecule is Cc1ccc2c(c1)c1c(n2CCc2ccccc2)CCN(C)[C@@H]([C@@H](C)O)C1. The predicted molar refractivity (Wildman–Crippen MR) is 112 cm³/mol. The molecule has 0 saturated heterocycles. The molecular formula is C24H30N2O. The second kappa shape index (κ2) is 7.49. The summed E-state index contributed by atoms with van der Waals surface area (Å²) in [6, 6.07) is 17.8. The summed E-state index contributed by atoms with van der Waals surface area (Å²) in [6.45, 7) is 6.08. The molecule has 2 aromatic carbocycles. The minimum Gasteiger partial charge on any atom is -0.392 e. The second-order valence-corrected chi connectivity index (χ2v) is 8.08. The Labute approximate surface area is 162 Å². The first-order valence-corrected chi connectivity index (χ1v) is 10.1. The smallest absolute Gasteiger partial charge is 0.0670 e. The summed E-state index contributed by atoms with van der Waals surface area (Å²) >= 11 is 0. The van der Waals surface area contributed by atoms with E-state index >= 15 is 0 Å². The molecular weight excluding hydrogens is 332 g/mol. The highest BCUT2D eigenvalue weighted by Crippen LogP contribution is 2.32. The molecule has 3 aromatic rings. The van der Waals surface area contributed by atoms with Gasteiger partial charge in [0.15, 0.2) is 0 Å². The lowest BCUT2D eigenvalue weighted by Gasteiger charge is -2.28. The number of benzene rings is 2. The summed E-state index contributed by atoms with van der Waals surface area (Å²) in [5.41, 5.74) is 6.93. The standard InChI is InChI=1S/C24H30N2O/c1-17-9-10-22-20(15-17)21-16-24(18(2)27)25(3)13-12-23(21)26(22)14-11-19-7-5-4-6-8-19/h4-10,15,18,24,27H,11-14,16H2,1-3H3/t18-,24-/m1/s1. The number of nitrogens with zero attached hydrogens (tertiary/aromatic N) is 2. The molecule has 0 fully saturated rings. The van der Waals surface area contributed by atoms with Crippen molar-refractivity contribution in [2.45, 2.75) is 51.8 Å². The minimum absolute atomic E-state index is 0.180. The number of rotatable bonds is 4. The van der Waals surface area contributed by atoms with Crippen LogP contribution in [0.5, 0.6) is 0 Å². The van der Waals surface area contributed by atoms with Crippen molar-refractivity contribution in [3.05, 3.63) is 70.9 Å². The Bertz CT molecular complexity index is 926. The van der Waals surface area contributed by atoms with Crippen LogP contribution in [0.15, 0.2) is 48.5 Å². The van der Waals surface area contributed by atoms with E-state index in [2.05, 4.69) is 72.0 Å². The average molecular weight is 363 g/mol. The van der Waals surface area contributed by atoms with E-state index in [0.717, 1.165) is 32.4 Å². The fourth-order valence-electron chi connectivity index (χ4n) is 4.60. The maximum absolute atomic E-state index is 10.3. The van der Waals surface area contributed by atoms with Crippen LogP contribution < -0.4 is 0 Å². The first-order valence-electron chi connectivity index (χ1n) is 10.1. The fourth-order valence-corrected chi connectivity index (χ4v) is 4.60. The third kappa shape index (κ3) is 3.54. The average Bonchev–Trinajstić information content (AvgIpc) is 2.82. The molecule has 2 heterocycles. The van der Waals surface area contributed by atoms with Crippen molar-refractivity contribution >= 4 is 10.9 Å². The van der Waals surface area contributed by atoms with Crippen LogP contribution in [0.1, 0.15) is 29.3 Å². The second-order valence-electron chi connectivity index (χ2n) is 8.08. The van der Waals surface area contributed by atoms with Crippen molar-refractivity contribution in [3.8, 4) is 0 Å². The van der Waals surface area contributed by atoms with Crippen LogP contribution in [0.25, 0.3) is 10.9 Å². The van der Waals surface area contributed by atoms with Gasteiger partial charge in [-0.2, -0.15) is 0 Å². The highest BCUT2D eigenvalue weighted by atomic mass is 16.3. The minimum atomic E-state index is -0.325. The van der Waals surface area contributed by atoms with Gasteiger partial charge in [0.1, 0.15) is 0 Å². The van der Waals surface area contributed by atoms with E-state index in [1.807, 2.05) is 6.92 Å². The monoisotopic (exact) mass is 362 g/mol. The van der Waals surface area contributed by atoms with Crippen LogP contribution in [0.4, 0.5) is 0 Å². The molecule has 3 heteroatoms. The van der Waals surface area contributed by atoms with Gasteiger partial charge in [0.05, 0.1) is 6.10 Å². The van der Waals surface area contributed by atoms with Gasteiger partial charge in [0, 0.05) is 42.1 Å². The molecule has 1 aliphatic rings. The summed E-state index contributed by atoms with van der Waals surface area (Å²) in [5, 5.41) is 11.7. The van der Waals surface area contributed by atoms with Crippen LogP contribution in [0.2, 0.25) is 0 Å². The van der Waals surface area contributed by atoms with E-state index in [9.17, 15) is 5.11 Å². The van der Waals surface area contributed by atoms with E-state index in [0.29, 0.717) is 0 Å². The number of aliphatic hydroxyl groups is 1. The maximum atomic E-state index is 10.3. The molecule has 27 heavy (non-hydrogen) atoms. The number of aromatic nitrogens is 1. The predicted octanol–water partition coefficient (Wildman–Crippen LogP) is 3.97. The molecule has 0 bridgehead atoms. The summed E-state index contributed by atoms with van der Waals surface area (Å²) in [4.78, 5) is 2.33. The number of hydrogen-bond acceptors (Lipinski definition) is 2. The van der Waals surface area contributed by atoms with Gasteiger partial charge in [-0.15, -0.1) is 0 Å². The normalized spacial score (nSPS) is 19.0. The maximum Gasteiger partial charge on any atom is 0.0670 e. The van der Waals surface area contributed by atoms with E-state index in [1.54, 1.807) is 0 Å². The third-order valence-electron chi connectivity index (χ3n) is 6.15. The lowest BCUT2D eigenvalue weighted by atomic mass is 9.99. The van der Waals surface area contributed by atoms with E-state index in [4.69, 9.17) is 0 Å². The molecule has 0 spiro atoms. The van der Waals surface area contributed by atoms with Gasteiger partial charge in [-0.05, 0) is 57.0 Å². The van der Waals surface area contributed by atoms with Crippen LogP contribution >= 0.6 is 0 Å². The van der Waals surface area contributed by atoms with Crippen molar-refractivity contribution in [1.29, 1.82) is 0 Å². The highest BCUT2D eigenvalue weighted by molar-refractivity contribution is 5.86. The topological polar surface area (TPSA) is 28.4 Å². The molecule has 1 aliphatic heterocycles. The zero-order chi connectivity index (χ0) is 19.0. The first kappa shape index (κ1) is 18.3. The van der Waals surface area contributed by atoms with Gasteiger partial charge < -0.3 is 14.6 Å². The molecule has 0 aliphatic carbocycles. The number of aliphatic hydroxyl groups excluding tert-OH is 1. The Kier molecular flexibility index (Phi) is 5.07. The lowest BCUT2D eigenvalue weighted by Crippen LogP contribution is -2.41. The molecule has 1 aromatic heterocycles. The summed E-state index contributed by atoms with van der Waals surface area (Å²) < 4.78 is 2.54. The summed E-state index contributed by atoms with van der Waals surface area (Å²) in [7, 11) is 2.14. The molecule has 0 saturated carbocycles. The number of fused-ring (bicyclic) bond motifs is 3. The van der Waals surface area contributed by atoms with Gasteiger partial charge >= 0.3 is 0 Å². The summed E-state index contributed by atoms with van der Waals surface area (Å²) in [6.07, 6.45) is 2.67. The first-order chi connectivity index (χ1) is 13.0. The van der Waals surface area contributed by atoms with Crippen molar-refractivity contribution < 1.29 is 5.11 Å².